The molecule has 4 nitrogen and oxygen atoms in total. The number of anilines is 1. The summed E-state index contributed by atoms with van der Waals surface area (Å²) in [5.41, 5.74) is 9.61. The van der Waals surface area contributed by atoms with Crippen LogP contribution in [0.1, 0.15) is 5.56 Å². The van der Waals surface area contributed by atoms with E-state index in [-0.39, 0.29) is 0 Å². The molecule has 3 aromatic rings. The Balaban J connectivity index is 1.86. The van der Waals surface area contributed by atoms with Crippen LogP contribution in [0.4, 0.5) is 5.69 Å². The van der Waals surface area contributed by atoms with Crippen LogP contribution in [-0.4, -0.2) is 14.8 Å². The van der Waals surface area contributed by atoms with Crippen LogP contribution in [0.5, 0.6) is 0 Å². The summed E-state index contributed by atoms with van der Waals surface area (Å²) in [6.45, 7) is 0.615. The van der Waals surface area contributed by atoms with Gasteiger partial charge in [-0.25, -0.2) is 0 Å². The van der Waals surface area contributed by atoms with Crippen LogP contribution in [0.15, 0.2) is 55.1 Å². The summed E-state index contributed by atoms with van der Waals surface area (Å²) in [5, 5.41) is 5.00. The van der Waals surface area contributed by atoms with Gasteiger partial charge in [-0.05, 0) is 29.3 Å². The first-order chi connectivity index (χ1) is 9.72. The predicted molar refractivity (Wildman–Crippen MR) is 80.4 cm³/mol. The highest BCUT2D eigenvalue weighted by atomic mass is 35.5. The second-order valence-electron chi connectivity index (χ2n) is 4.52. The number of nitrogen functional groups attached to an aromatic ring is 1. The van der Waals surface area contributed by atoms with Gasteiger partial charge < -0.3 is 5.73 Å². The van der Waals surface area contributed by atoms with Crippen LogP contribution in [0.25, 0.3) is 11.1 Å². The molecule has 0 saturated carbocycles. The first kappa shape index (κ1) is 12.7. The molecule has 2 N–H and O–H groups in total. The summed E-state index contributed by atoms with van der Waals surface area (Å²) < 4.78 is 1.85. The molecule has 0 aliphatic heterocycles. The van der Waals surface area contributed by atoms with E-state index in [9.17, 15) is 0 Å². The van der Waals surface area contributed by atoms with Gasteiger partial charge in [0, 0.05) is 29.8 Å². The fraction of sp³-hybridized carbons (Fsp3) is 0.0667. The third kappa shape index (κ3) is 2.65. The minimum Gasteiger partial charge on any atom is -0.399 e. The highest BCUT2D eigenvalue weighted by molar-refractivity contribution is 6.31. The van der Waals surface area contributed by atoms with E-state index >= 15 is 0 Å². The monoisotopic (exact) mass is 284 g/mol. The van der Waals surface area contributed by atoms with Crippen molar-refractivity contribution in [3.8, 4) is 11.1 Å². The van der Waals surface area contributed by atoms with Crippen molar-refractivity contribution in [2.24, 2.45) is 0 Å². The summed E-state index contributed by atoms with van der Waals surface area (Å²) in [7, 11) is 0. The molecule has 0 fully saturated rings. The molecule has 20 heavy (non-hydrogen) atoms. The Labute approximate surface area is 121 Å². The molecule has 0 aliphatic rings. The lowest BCUT2D eigenvalue weighted by Crippen LogP contribution is -2.00. The fourth-order valence-corrected chi connectivity index (χ4v) is 2.20. The lowest BCUT2D eigenvalue weighted by atomic mass is 10.1. The number of aromatic nitrogens is 3. The van der Waals surface area contributed by atoms with Gasteiger partial charge in [0.1, 0.15) is 0 Å². The summed E-state index contributed by atoms with van der Waals surface area (Å²) in [6, 6.07) is 9.63. The van der Waals surface area contributed by atoms with Gasteiger partial charge in [0.2, 0.25) is 0 Å². The summed E-state index contributed by atoms with van der Waals surface area (Å²) in [6.07, 6.45) is 7.16. The van der Waals surface area contributed by atoms with E-state index in [1.54, 1.807) is 12.4 Å². The Morgan fingerprint density at radius 2 is 2.05 bits per heavy atom. The van der Waals surface area contributed by atoms with Crippen molar-refractivity contribution < 1.29 is 0 Å². The quantitative estimate of drug-likeness (QED) is 0.751. The van der Waals surface area contributed by atoms with Crippen molar-refractivity contribution in [2.75, 3.05) is 5.73 Å². The zero-order valence-electron chi connectivity index (χ0n) is 10.7. The molecular weight excluding hydrogens is 272 g/mol. The van der Waals surface area contributed by atoms with Gasteiger partial charge in [-0.15, -0.1) is 0 Å². The molecule has 5 heteroatoms. The number of rotatable bonds is 3. The molecular formula is C15H13ClN4. The summed E-state index contributed by atoms with van der Waals surface area (Å²) >= 11 is 6.10. The fourth-order valence-electron chi connectivity index (χ4n) is 2.02. The van der Waals surface area contributed by atoms with Gasteiger partial charge in [-0.3, -0.25) is 9.67 Å². The van der Waals surface area contributed by atoms with E-state index < -0.39 is 0 Å². The van der Waals surface area contributed by atoms with Gasteiger partial charge in [-0.1, -0.05) is 23.7 Å². The molecule has 0 aliphatic carbocycles. The Hall–Kier alpha value is -2.33. The predicted octanol–water partition coefficient (Wildman–Crippen LogP) is 3.23. The first-order valence-corrected chi connectivity index (χ1v) is 6.57. The third-order valence-electron chi connectivity index (χ3n) is 3.04. The molecule has 3 rings (SSSR count). The van der Waals surface area contributed by atoms with Crippen LogP contribution in [-0.2, 0) is 6.54 Å². The number of halogens is 1. The maximum atomic E-state index is 6.10. The summed E-state index contributed by atoms with van der Waals surface area (Å²) in [4.78, 5) is 3.97. The molecule has 0 saturated heterocycles. The molecule has 0 atom stereocenters. The van der Waals surface area contributed by atoms with Crippen LogP contribution in [0.2, 0.25) is 5.02 Å². The van der Waals surface area contributed by atoms with Gasteiger partial charge in [0.25, 0.3) is 0 Å². The van der Waals surface area contributed by atoms with Crippen LogP contribution in [0, 0.1) is 0 Å². The smallest absolute Gasteiger partial charge is 0.0675 e. The van der Waals surface area contributed by atoms with E-state index in [0.29, 0.717) is 11.6 Å². The van der Waals surface area contributed by atoms with Gasteiger partial charge in [0.15, 0.2) is 0 Å². The van der Waals surface area contributed by atoms with Crippen molar-refractivity contribution >= 4 is 17.3 Å². The van der Waals surface area contributed by atoms with Crippen LogP contribution in [0.3, 0.4) is 0 Å². The maximum absolute atomic E-state index is 6.10. The minimum atomic E-state index is 0.615. The number of benzene rings is 1. The second-order valence-corrected chi connectivity index (χ2v) is 4.93. The highest BCUT2D eigenvalue weighted by Crippen LogP contribution is 2.21. The molecule has 0 bridgehead atoms. The number of hydrogen-bond acceptors (Lipinski definition) is 3. The van der Waals surface area contributed by atoms with Crippen LogP contribution < -0.4 is 5.73 Å². The number of nitrogens with zero attached hydrogens (tertiary/aromatic N) is 3. The van der Waals surface area contributed by atoms with Gasteiger partial charge in [-0.2, -0.15) is 5.10 Å². The maximum Gasteiger partial charge on any atom is 0.0675 e. The molecule has 1 aromatic carbocycles. The van der Waals surface area contributed by atoms with E-state index in [1.165, 1.54) is 0 Å². The zero-order valence-corrected chi connectivity index (χ0v) is 11.5. The largest absolute Gasteiger partial charge is 0.399 e. The van der Waals surface area contributed by atoms with Crippen LogP contribution >= 0.6 is 11.6 Å². The van der Waals surface area contributed by atoms with Crippen molar-refractivity contribution in [3.63, 3.8) is 0 Å². The molecule has 2 heterocycles. The normalized spacial score (nSPS) is 10.7. The van der Waals surface area contributed by atoms with E-state index in [1.807, 2.05) is 47.4 Å². The zero-order chi connectivity index (χ0) is 13.9. The molecule has 0 radical (unpaired) electrons. The second kappa shape index (κ2) is 5.35. The molecule has 0 unspecified atom stereocenters. The van der Waals surface area contributed by atoms with Crippen molar-refractivity contribution in [2.45, 2.75) is 6.54 Å². The van der Waals surface area contributed by atoms with E-state index in [2.05, 4.69) is 10.1 Å². The lowest BCUT2D eigenvalue weighted by Gasteiger charge is -2.03. The van der Waals surface area contributed by atoms with Crippen molar-refractivity contribution in [1.29, 1.82) is 0 Å². The first-order valence-electron chi connectivity index (χ1n) is 6.19. The van der Waals surface area contributed by atoms with E-state index in [0.717, 1.165) is 22.4 Å². The highest BCUT2D eigenvalue weighted by Gasteiger charge is 2.05. The minimum absolute atomic E-state index is 0.615. The standard InChI is InChI=1S/C15H13ClN4/c16-15-8-18-5-4-12(15)9-20-10-13(7-19-20)11-2-1-3-14(17)6-11/h1-8,10H,9,17H2. The number of nitrogens with two attached hydrogens (primary N) is 1. The molecule has 0 spiro atoms. The van der Waals surface area contributed by atoms with Gasteiger partial charge in [0.05, 0.1) is 17.8 Å². The Morgan fingerprint density at radius 3 is 2.85 bits per heavy atom. The Kier molecular flexibility index (Phi) is 3.39. The van der Waals surface area contributed by atoms with Crippen molar-refractivity contribution in [1.82, 2.24) is 14.8 Å². The summed E-state index contributed by atoms with van der Waals surface area (Å²) in [5.74, 6) is 0. The molecule has 100 valence electrons. The van der Waals surface area contributed by atoms with Gasteiger partial charge >= 0.3 is 0 Å². The topological polar surface area (TPSA) is 56.7 Å². The van der Waals surface area contributed by atoms with E-state index in [4.69, 9.17) is 17.3 Å². The van der Waals surface area contributed by atoms with Crippen molar-refractivity contribution in [3.05, 3.63) is 65.7 Å². The average molecular weight is 285 g/mol. The molecule has 0 amide bonds. The molecule has 2 aromatic heterocycles. The SMILES string of the molecule is Nc1cccc(-c2cnn(Cc3ccncc3Cl)c2)c1. The lowest BCUT2D eigenvalue weighted by molar-refractivity contribution is 0.686. The Morgan fingerprint density at radius 1 is 1.15 bits per heavy atom. The Bertz CT molecular complexity index is 736. The average Bonchev–Trinajstić information content (AvgIpc) is 2.90. The third-order valence-corrected chi connectivity index (χ3v) is 3.38. The number of pyridine rings is 1. The number of hydrogen-bond donors (Lipinski definition) is 1.